The van der Waals surface area contributed by atoms with Crippen LogP contribution in [0.15, 0.2) is 53.3 Å². The first-order valence-electron chi connectivity index (χ1n) is 6.52. The molecule has 0 spiro atoms. The van der Waals surface area contributed by atoms with Gasteiger partial charge in [0.15, 0.2) is 5.82 Å². The molecule has 0 saturated carbocycles. The first kappa shape index (κ1) is 13.1. The zero-order chi connectivity index (χ0) is 14.7. The van der Waals surface area contributed by atoms with E-state index in [-0.39, 0.29) is 12.5 Å². The summed E-state index contributed by atoms with van der Waals surface area (Å²) in [5.41, 5.74) is 0.965. The largest absolute Gasteiger partial charge is 0.360 e. The number of aromatic nitrogens is 3. The van der Waals surface area contributed by atoms with Crippen LogP contribution >= 0.6 is 0 Å². The van der Waals surface area contributed by atoms with Gasteiger partial charge in [-0.15, -0.1) is 0 Å². The Morgan fingerprint density at radius 3 is 2.86 bits per heavy atom. The predicted octanol–water partition coefficient (Wildman–Crippen LogP) is 2.49. The van der Waals surface area contributed by atoms with Crippen molar-refractivity contribution in [2.45, 2.75) is 13.5 Å². The summed E-state index contributed by atoms with van der Waals surface area (Å²) in [5, 5.41) is 6.42. The van der Waals surface area contributed by atoms with Crippen molar-refractivity contribution in [1.29, 1.82) is 0 Å². The molecule has 2 heterocycles. The van der Waals surface area contributed by atoms with Crippen LogP contribution in [-0.4, -0.2) is 20.6 Å². The number of anilines is 1. The highest BCUT2D eigenvalue weighted by molar-refractivity contribution is 5.89. The number of rotatable bonds is 4. The molecule has 3 rings (SSSR count). The molecular formula is C15H14N4O2. The highest BCUT2D eigenvalue weighted by Gasteiger charge is 2.11. The van der Waals surface area contributed by atoms with E-state index < -0.39 is 0 Å². The summed E-state index contributed by atoms with van der Waals surface area (Å²) >= 11 is 0. The molecule has 1 amide bonds. The number of amides is 1. The average molecular weight is 282 g/mol. The van der Waals surface area contributed by atoms with Crippen molar-refractivity contribution < 1.29 is 9.32 Å². The van der Waals surface area contributed by atoms with Crippen molar-refractivity contribution in [3.05, 3.63) is 54.6 Å². The lowest BCUT2D eigenvalue weighted by molar-refractivity contribution is -0.116. The molecule has 0 unspecified atom stereocenters. The highest BCUT2D eigenvalue weighted by atomic mass is 16.5. The van der Waals surface area contributed by atoms with Crippen LogP contribution in [0, 0.1) is 6.92 Å². The van der Waals surface area contributed by atoms with E-state index in [2.05, 4.69) is 15.5 Å². The predicted molar refractivity (Wildman–Crippen MR) is 77.5 cm³/mol. The van der Waals surface area contributed by atoms with E-state index in [0.717, 1.165) is 11.4 Å². The lowest BCUT2D eigenvalue weighted by atomic mass is 10.2. The molecule has 106 valence electrons. The Labute approximate surface area is 121 Å². The number of carbonyl (C=O) groups excluding carboxylic acids is 1. The van der Waals surface area contributed by atoms with Crippen molar-refractivity contribution >= 4 is 11.7 Å². The van der Waals surface area contributed by atoms with Gasteiger partial charge >= 0.3 is 0 Å². The molecule has 0 radical (unpaired) electrons. The summed E-state index contributed by atoms with van der Waals surface area (Å²) in [5.74, 6) is 1.64. The Hall–Kier alpha value is -2.89. The minimum atomic E-state index is -0.182. The number of aryl methyl sites for hydroxylation is 1. The van der Waals surface area contributed by atoms with E-state index in [1.807, 2.05) is 30.3 Å². The first-order chi connectivity index (χ1) is 10.2. The van der Waals surface area contributed by atoms with Gasteiger partial charge in [-0.3, -0.25) is 4.79 Å². The Morgan fingerprint density at radius 1 is 1.33 bits per heavy atom. The smallest absolute Gasteiger partial charge is 0.245 e. The number of carbonyl (C=O) groups is 1. The van der Waals surface area contributed by atoms with Crippen LogP contribution in [0.4, 0.5) is 5.82 Å². The Morgan fingerprint density at radius 2 is 2.14 bits per heavy atom. The van der Waals surface area contributed by atoms with Crippen molar-refractivity contribution in [1.82, 2.24) is 14.7 Å². The van der Waals surface area contributed by atoms with Crippen LogP contribution in [0.2, 0.25) is 0 Å². The third-order valence-electron chi connectivity index (χ3n) is 2.96. The zero-order valence-electron chi connectivity index (χ0n) is 11.5. The number of hydrogen-bond acceptors (Lipinski definition) is 4. The van der Waals surface area contributed by atoms with Gasteiger partial charge in [0, 0.05) is 24.0 Å². The van der Waals surface area contributed by atoms with Crippen molar-refractivity contribution in [2.75, 3.05) is 5.32 Å². The molecule has 2 aromatic heterocycles. The van der Waals surface area contributed by atoms with Crippen LogP contribution in [0.1, 0.15) is 5.76 Å². The topological polar surface area (TPSA) is 73.0 Å². The standard InChI is InChI=1S/C15H14N4O2/c1-11-9-13(18-21-11)17-14(20)10-19-8-7-16-15(19)12-5-3-2-4-6-12/h2-9H,10H2,1H3,(H,17,18,20). The van der Waals surface area contributed by atoms with Crippen LogP contribution in [0.5, 0.6) is 0 Å². The fourth-order valence-electron chi connectivity index (χ4n) is 2.05. The lowest BCUT2D eigenvalue weighted by Crippen LogP contribution is -2.19. The molecule has 1 aromatic carbocycles. The molecule has 0 saturated heterocycles. The maximum atomic E-state index is 12.0. The Bertz CT molecular complexity index is 746. The Kier molecular flexibility index (Phi) is 3.51. The second-order valence-corrected chi connectivity index (χ2v) is 4.62. The number of hydrogen-bond donors (Lipinski definition) is 1. The molecule has 6 heteroatoms. The quantitative estimate of drug-likeness (QED) is 0.798. The van der Waals surface area contributed by atoms with Gasteiger partial charge in [0.2, 0.25) is 5.91 Å². The fraction of sp³-hybridized carbons (Fsp3) is 0.133. The first-order valence-corrected chi connectivity index (χ1v) is 6.52. The molecule has 0 aliphatic heterocycles. The van der Waals surface area contributed by atoms with Gasteiger partial charge in [0.1, 0.15) is 18.1 Å². The zero-order valence-corrected chi connectivity index (χ0v) is 11.5. The van der Waals surface area contributed by atoms with Gasteiger partial charge in [-0.05, 0) is 6.92 Å². The number of nitrogens with one attached hydrogen (secondary N) is 1. The minimum absolute atomic E-state index is 0.163. The molecule has 21 heavy (non-hydrogen) atoms. The van der Waals surface area contributed by atoms with E-state index in [1.54, 1.807) is 30.0 Å². The summed E-state index contributed by atoms with van der Waals surface area (Å²) in [4.78, 5) is 16.3. The van der Waals surface area contributed by atoms with Gasteiger partial charge in [-0.1, -0.05) is 35.5 Å². The summed E-state index contributed by atoms with van der Waals surface area (Å²) in [6, 6.07) is 11.4. The molecule has 0 aliphatic rings. The lowest BCUT2D eigenvalue weighted by Gasteiger charge is -2.07. The highest BCUT2D eigenvalue weighted by Crippen LogP contribution is 2.16. The third-order valence-corrected chi connectivity index (χ3v) is 2.96. The van der Waals surface area contributed by atoms with E-state index in [1.165, 1.54) is 0 Å². The van der Waals surface area contributed by atoms with E-state index in [0.29, 0.717) is 11.6 Å². The van der Waals surface area contributed by atoms with E-state index in [4.69, 9.17) is 4.52 Å². The van der Waals surface area contributed by atoms with Crippen LogP contribution in [-0.2, 0) is 11.3 Å². The van der Waals surface area contributed by atoms with Crippen LogP contribution in [0.3, 0.4) is 0 Å². The second-order valence-electron chi connectivity index (χ2n) is 4.62. The monoisotopic (exact) mass is 282 g/mol. The van der Waals surface area contributed by atoms with E-state index in [9.17, 15) is 4.79 Å². The summed E-state index contributed by atoms with van der Waals surface area (Å²) < 4.78 is 6.70. The van der Waals surface area contributed by atoms with Gasteiger partial charge in [0.05, 0.1) is 0 Å². The number of nitrogens with zero attached hydrogens (tertiary/aromatic N) is 3. The fourth-order valence-corrected chi connectivity index (χ4v) is 2.05. The Balaban J connectivity index is 1.74. The number of imidazole rings is 1. The molecule has 0 atom stereocenters. The molecule has 3 aromatic rings. The van der Waals surface area contributed by atoms with Crippen molar-refractivity contribution in [3.63, 3.8) is 0 Å². The maximum absolute atomic E-state index is 12.0. The van der Waals surface area contributed by atoms with Gasteiger partial charge in [-0.2, -0.15) is 0 Å². The molecular weight excluding hydrogens is 268 g/mol. The average Bonchev–Trinajstić information content (AvgIpc) is 3.09. The van der Waals surface area contributed by atoms with Crippen LogP contribution in [0.25, 0.3) is 11.4 Å². The van der Waals surface area contributed by atoms with Crippen molar-refractivity contribution in [2.24, 2.45) is 0 Å². The van der Waals surface area contributed by atoms with Crippen LogP contribution < -0.4 is 5.32 Å². The summed E-state index contributed by atoms with van der Waals surface area (Å²) in [6.07, 6.45) is 3.45. The second kappa shape index (κ2) is 5.62. The number of benzene rings is 1. The minimum Gasteiger partial charge on any atom is -0.360 e. The molecule has 0 fully saturated rings. The van der Waals surface area contributed by atoms with Crippen molar-refractivity contribution in [3.8, 4) is 11.4 Å². The molecule has 6 nitrogen and oxygen atoms in total. The molecule has 1 N–H and O–H groups in total. The summed E-state index contributed by atoms with van der Waals surface area (Å²) in [7, 11) is 0. The van der Waals surface area contributed by atoms with Gasteiger partial charge in [0.25, 0.3) is 0 Å². The molecule has 0 aliphatic carbocycles. The van der Waals surface area contributed by atoms with Gasteiger partial charge in [-0.25, -0.2) is 4.98 Å². The SMILES string of the molecule is Cc1cc(NC(=O)Cn2ccnc2-c2ccccc2)no1. The van der Waals surface area contributed by atoms with Gasteiger partial charge < -0.3 is 14.4 Å². The molecule has 0 bridgehead atoms. The normalized spacial score (nSPS) is 10.5. The van der Waals surface area contributed by atoms with E-state index >= 15 is 0 Å². The third kappa shape index (κ3) is 3.00. The maximum Gasteiger partial charge on any atom is 0.245 e. The summed E-state index contributed by atoms with van der Waals surface area (Å²) in [6.45, 7) is 1.93.